The molecule has 2 heterocycles. The number of aromatic nitrogens is 2. The highest BCUT2D eigenvalue weighted by Crippen LogP contribution is 2.27. The molecule has 0 unspecified atom stereocenters. The second-order valence-electron chi connectivity index (χ2n) is 5.18. The zero-order valence-corrected chi connectivity index (χ0v) is 18.7. The summed E-state index contributed by atoms with van der Waals surface area (Å²) in [6.45, 7) is 0. The van der Waals surface area contributed by atoms with Crippen LogP contribution in [0.5, 0.6) is 0 Å². The Morgan fingerprint density at radius 3 is 2.52 bits per heavy atom. The smallest absolute Gasteiger partial charge is 0.166 e. The maximum atomic E-state index is 13.1. The highest BCUT2D eigenvalue weighted by Gasteiger charge is 2.16. The fourth-order valence-electron chi connectivity index (χ4n) is 2.30. The molecule has 0 saturated heterocycles. The van der Waals surface area contributed by atoms with Gasteiger partial charge in [0, 0.05) is 21.7 Å². The number of H-pyrrole nitrogens is 1. The average Bonchev–Trinajstić information content (AvgIpc) is 3.11. The fourth-order valence-corrected chi connectivity index (χ4v) is 3.95. The lowest BCUT2D eigenvalue weighted by Gasteiger charge is -1.99. The summed E-state index contributed by atoms with van der Waals surface area (Å²) in [5, 5.41) is 3.77. The van der Waals surface area contributed by atoms with Crippen LogP contribution in [0.2, 0.25) is 0 Å². The van der Waals surface area contributed by atoms with Crippen molar-refractivity contribution in [2.75, 3.05) is 11.6 Å². The van der Waals surface area contributed by atoms with E-state index in [9.17, 15) is 8.78 Å². The average molecular weight is 601 g/mol. The molecule has 25 heavy (non-hydrogen) atoms. The number of fused-ring (bicyclic) bond motifs is 2. The van der Waals surface area contributed by atoms with E-state index in [4.69, 9.17) is 12.2 Å². The first-order valence-corrected chi connectivity index (χ1v) is 10.8. The fraction of sp³-hybridized carbons (Fsp3) is 0.125. The Kier molecular flexibility index (Phi) is 6.16. The highest BCUT2D eigenvalue weighted by molar-refractivity contribution is 14.1. The van der Waals surface area contributed by atoms with E-state index in [0.717, 1.165) is 38.8 Å². The summed E-state index contributed by atoms with van der Waals surface area (Å²) in [6, 6.07) is 6.54. The lowest BCUT2D eigenvalue weighted by molar-refractivity contribution is 0.620. The van der Waals surface area contributed by atoms with Crippen LogP contribution >= 0.6 is 69.2 Å². The van der Waals surface area contributed by atoms with Gasteiger partial charge in [0.2, 0.25) is 0 Å². The zero-order chi connectivity index (χ0) is 18.1. The van der Waals surface area contributed by atoms with Gasteiger partial charge in [0.1, 0.15) is 11.6 Å². The monoisotopic (exact) mass is 601 g/mol. The lowest BCUT2D eigenvalue weighted by Crippen LogP contribution is -2.00. The van der Waals surface area contributed by atoms with E-state index in [-0.39, 0.29) is 11.6 Å². The number of aromatic amines is 1. The van der Waals surface area contributed by atoms with Crippen molar-refractivity contribution >= 4 is 90.9 Å². The molecule has 0 amide bonds. The summed E-state index contributed by atoms with van der Waals surface area (Å²) in [5.41, 5.74) is 3.47. The van der Waals surface area contributed by atoms with Gasteiger partial charge in [0.25, 0.3) is 0 Å². The van der Waals surface area contributed by atoms with Gasteiger partial charge in [-0.05, 0) is 75.2 Å². The van der Waals surface area contributed by atoms with Gasteiger partial charge in [-0.15, -0.1) is 0 Å². The van der Waals surface area contributed by atoms with Crippen LogP contribution in [0, 0.1) is 18.8 Å². The van der Waals surface area contributed by atoms with Crippen molar-refractivity contribution in [3.8, 4) is 0 Å². The van der Waals surface area contributed by atoms with Crippen molar-refractivity contribution in [1.29, 1.82) is 0 Å². The SMILES string of the molecule is CSc1nc2cc(I)c(F)cc2[nH]1.Fc1cc2c(cc1I)CC(=S)N2. The molecule has 0 spiro atoms. The van der Waals surface area contributed by atoms with Gasteiger partial charge >= 0.3 is 0 Å². The van der Waals surface area contributed by atoms with E-state index in [1.165, 1.54) is 23.9 Å². The summed E-state index contributed by atoms with van der Waals surface area (Å²) < 4.78 is 27.4. The molecule has 1 aliphatic rings. The van der Waals surface area contributed by atoms with Gasteiger partial charge < -0.3 is 10.3 Å². The molecule has 0 atom stereocenters. The van der Waals surface area contributed by atoms with Crippen LogP contribution < -0.4 is 5.32 Å². The highest BCUT2D eigenvalue weighted by atomic mass is 127. The van der Waals surface area contributed by atoms with Crippen LogP contribution in [0.15, 0.2) is 29.4 Å². The first-order chi connectivity index (χ1) is 11.9. The Bertz CT molecular complexity index is 904. The second-order valence-corrected chi connectivity index (χ2v) is 8.79. The van der Waals surface area contributed by atoms with E-state index in [0.29, 0.717) is 7.14 Å². The number of benzene rings is 2. The third-order valence-corrected chi connectivity index (χ3v) is 5.95. The van der Waals surface area contributed by atoms with Crippen LogP contribution in [-0.2, 0) is 6.42 Å². The minimum atomic E-state index is -0.204. The Morgan fingerprint density at radius 1 is 1.12 bits per heavy atom. The number of anilines is 1. The minimum Gasteiger partial charge on any atom is -0.349 e. The van der Waals surface area contributed by atoms with E-state index in [1.807, 2.05) is 57.5 Å². The molecule has 0 radical (unpaired) electrons. The topological polar surface area (TPSA) is 40.7 Å². The van der Waals surface area contributed by atoms with Crippen molar-refractivity contribution in [1.82, 2.24) is 9.97 Å². The molecule has 4 rings (SSSR count). The van der Waals surface area contributed by atoms with Gasteiger partial charge in [-0.1, -0.05) is 24.0 Å². The number of thioether (sulfide) groups is 1. The van der Waals surface area contributed by atoms with Crippen molar-refractivity contribution in [2.45, 2.75) is 11.6 Å². The van der Waals surface area contributed by atoms with E-state index >= 15 is 0 Å². The lowest BCUT2D eigenvalue weighted by atomic mass is 10.2. The third kappa shape index (κ3) is 4.42. The molecule has 0 aliphatic carbocycles. The molecule has 130 valence electrons. The molecular weight excluding hydrogens is 590 g/mol. The first-order valence-electron chi connectivity index (χ1n) is 7.04. The van der Waals surface area contributed by atoms with Gasteiger partial charge in [-0.3, -0.25) is 0 Å². The normalized spacial score (nSPS) is 12.6. The second kappa shape index (κ2) is 8.01. The number of hydrogen-bond acceptors (Lipinski definition) is 3. The standard InChI is InChI=1S/C8H6FIN2S.C8H5FINS/c1-13-8-11-6-2-4(9)5(10)3-7(6)12-8;9-5-3-7-4(1-6(5)10)2-8(12)11-7/h2-3H,1H3,(H,11,12);1,3H,2H2,(H,11,12). The molecular formula is C16H11F2I2N3S2. The number of thiocarbonyl (C=S) groups is 1. The number of halogens is 4. The predicted molar refractivity (Wildman–Crippen MR) is 120 cm³/mol. The molecule has 2 N–H and O–H groups in total. The summed E-state index contributed by atoms with van der Waals surface area (Å²) in [7, 11) is 0. The number of rotatable bonds is 1. The molecule has 0 fully saturated rings. The van der Waals surface area contributed by atoms with E-state index < -0.39 is 0 Å². The molecule has 1 aromatic heterocycles. The van der Waals surface area contributed by atoms with Crippen LogP contribution in [0.25, 0.3) is 11.0 Å². The van der Waals surface area contributed by atoms with Crippen LogP contribution in [0.3, 0.4) is 0 Å². The van der Waals surface area contributed by atoms with E-state index in [1.54, 1.807) is 6.07 Å². The summed E-state index contributed by atoms with van der Waals surface area (Å²) in [4.78, 5) is 8.06. The summed E-state index contributed by atoms with van der Waals surface area (Å²) in [5.74, 6) is -0.393. The predicted octanol–water partition coefficient (Wildman–Crippen LogP) is 5.75. The van der Waals surface area contributed by atoms with Crippen LogP contribution in [0.4, 0.5) is 14.5 Å². The largest absolute Gasteiger partial charge is 0.349 e. The van der Waals surface area contributed by atoms with Crippen LogP contribution in [0.1, 0.15) is 5.56 Å². The maximum Gasteiger partial charge on any atom is 0.166 e. The Hall–Kier alpha value is -0.530. The molecule has 3 aromatic rings. The summed E-state index contributed by atoms with van der Waals surface area (Å²) >= 11 is 10.4. The van der Waals surface area contributed by atoms with Crippen molar-refractivity contribution in [2.24, 2.45) is 0 Å². The Morgan fingerprint density at radius 2 is 1.80 bits per heavy atom. The molecule has 2 aromatic carbocycles. The van der Waals surface area contributed by atoms with Gasteiger partial charge in [-0.2, -0.15) is 0 Å². The van der Waals surface area contributed by atoms with Gasteiger partial charge in [0.05, 0.1) is 19.6 Å². The molecule has 0 saturated carbocycles. The first kappa shape index (κ1) is 19.2. The molecule has 0 bridgehead atoms. The molecule has 1 aliphatic heterocycles. The van der Waals surface area contributed by atoms with E-state index in [2.05, 4.69) is 15.3 Å². The molecule has 9 heteroatoms. The van der Waals surface area contributed by atoms with Gasteiger partial charge in [-0.25, -0.2) is 13.8 Å². The Balaban J connectivity index is 0.000000146. The van der Waals surface area contributed by atoms with Crippen molar-refractivity contribution in [3.05, 3.63) is 48.6 Å². The number of nitrogens with zero attached hydrogens (tertiary/aromatic N) is 1. The minimum absolute atomic E-state index is 0.188. The number of nitrogens with one attached hydrogen (secondary N) is 2. The van der Waals surface area contributed by atoms with Crippen LogP contribution in [-0.4, -0.2) is 21.2 Å². The molecule has 3 nitrogen and oxygen atoms in total. The van der Waals surface area contributed by atoms with Crippen molar-refractivity contribution in [3.63, 3.8) is 0 Å². The number of hydrogen-bond donors (Lipinski definition) is 2. The number of imidazole rings is 1. The van der Waals surface area contributed by atoms with Crippen molar-refractivity contribution < 1.29 is 8.78 Å². The quantitative estimate of drug-likeness (QED) is 0.212. The van der Waals surface area contributed by atoms with Gasteiger partial charge in [0.15, 0.2) is 5.16 Å². The summed E-state index contributed by atoms with van der Waals surface area (Å²) in [6.07, 6.45) is 2.67. The maximum absolute atomic E-state index is 13.1. The Labute approximate surface area is 180 Å². The third-order valence-electron chi connectivity index (χ3n) is 3.47. The zero-order valence-electron chi connectivity index (χ0n) is 12.8.